The summed E-state index contributed by atoms with van der Waals surface area (Å²) < 4.78 is 5.19. The average molecular weight is 333 g/mol. The van der Waals surface area contributed by atoms with E-state index in [-0.39, 0.29) is 5.91 Å². The number of nitrogens with one attached hydrogen (secondary N) is 2. The number of hydrogen-bond donors (Lipinski definition) is 2. The van der Waals surface area contributed by atoms with Crippen LogP contribution in [0.4, 0.5) is 0 Å². The van der Waals surface area contributed by atoms with Crippen LogP contribution in [0.15, 0.2) is 24.3 Å². The lowest BCUT2D eigenvalue weighted by Crippen LogP contribution is -2.47. The molecule has 0 aliphatic carbocycles. The number of benzene rings is 1. The molecule has 1 aromatic rings. The molecule has 24 heavy (non-hydrogen) atoms. The lowest BCUT2D eigenvalue weighted by Gasteiger charge is -2.33. The van der Waals surface area contributed by atoms with Gasteiger partial charge in [-0.3, -0.25) is 9.69 Å². The third-order valence-electron chi connectivity index (χ3n) is 4.78. The molecule has 0 saturated carbocycles. The van der Waals surface area contributed by atoms with Gasteiger partial charge in [0.05, 0.1) is 13.7 Å². The van der Waals surface area contributed by atoms with E-state index in [1.54, 1.807) is 14.2 Å². The van der Waals surface area contributed by atoms with Gasteiger partial charge >= 0.3 is 0 Å². The zero-order valence-corrected chi connectivity index (χ0v) is 15.2. The summed E-state index contributed by atoms with van der Waals surface area (Å²) in [7, 11) is 3.39. The Hall–Kier alpha value is -1.59. The van der Waals surface area contributed by atoms with Gasteiger partial charge in [-0.15, -0.1) is 0 Å². The van der Waals surface area contributed by atoms with E-state index in [9.17, 15) is 4.79 Å². The van der Waals surface area contributed by atoms with Crippen molar-refractivity contribution < 1.29 is 9.53 Å². The van der Waals surface area contributed by atoms with Crippen LogP contribution < -0.4 is 15.4 Å². The number of aryl methyl sites for hydroxylation is 1. The molecule has 2 rings (SSSR count). The quantitative estimate of drug-likeness (QED) is 0.762. The van der Waals surface area contributed by atoms with Crippen LogP contribution in [0.25, 0.3) is 0 Å². The SMILES string of the molecule is CNC(=O)CN1CCC(NC(C)CCc2ccc(OC)cc2)CC1. The van der Waals surface area contributed by atoms with Gasteiger partial charge in [-0.1, -0.05) is 12.1 Å². The smallest absolute Gasteiger partial charge is 0.233 e. The first-order valence-corrected chi connectivity index (χ1v) is 8.92. The Morgan fingerprint density at radius 2 is 1.96 bits per heavy atom. The third-order valence-corrected chi connectivity index (χ3v) is 4.78. The standard InChI is InChI=1S/C19H31N3O2/c1-15(4-5-16-6-8-18(24-3)9-7-16)21-17-10-12-22(13-11-17)14-19(23)20-2/h6-9,15,17,21H,4-5,10-14H2,1-3H3,(H,20,23). The number of hydrogen-bond acceptors (Lipinski definition) is 4. The molecule has 1 aliphatic rings. The van der Waals surface area contributed by atoms with Gasteiger partial charge < -0.3 is 15.4 Å². The fourth-order valence-electron chi connectivity index (χ4n) is 3.20. The van der Waals surface area contributed by atoms with Crippen molar-refractivity contribution in [3.63, 3.8) is 0 Å². The van der Waals surface area contributed by atoms with E-state index in [2.05, 4.69) is 34.6 Å². The fraction of sp³-hybridized carbons (Fsp3) is 0.632. The number of piperidine rings is 1. The van der Waals surface area contributed by atoms with Crippen molar-refractivity contribution in [1.29, 1.82) is 0 Å². The van der Waals surface area contributed by atoms with Crippen LogP contribution in [0.1, 0.15) is 31.7 Å². The van der Waals surface area contributed by atoms with Crippen molar-refractivity contribution in [2.45, 2.75) is 44.7 Å². The molecule has 5 heteroatoms. The predicted octanol–water partition coefficient (Wildman–Crippen LogP) is 1.82. The number of ether oxygens (including phenoxy) is 1. The van der Waals surface area contributed by atoms with Crippen LogP contribution in [-0.4, -0.2) is 56.7 Å². The maximum atomic E-state index is 11.4. The molecule has 1 aromatic carbocycles. The zero-order chi connectivity index (χ0) is 17.4. The second-order valence-electron chi connectivity index (χ2n) is 6.68. The van der Waals surface area contributed by atoms with E-state index in [0.717, 1.165) is 44.5 Å². The lowest BCUT2D eigenvalue weighted by atomic mass is 10.0. The van der Waals surface area contributed by atoms with Crippen molar-refractivity contribution in [2.75, 3.05) is 33.8 Å². The minimum atomic E-state index is 0.106. The Morgan fingerprint density at radius 1 is 1.29 bits per heavy atom. The first-order chi connectivity index (χ1) is 11.6. The summed E-state index contributed by atoms with van der Waals surface area (Å²) in [5.41, 5.74) is 1.35. The summed E-state index contributed by atoms with van der Waals surface area (Å²) in [4.78, 5) is 13.7. The van der Waals surface area contributed by atoms with Crippen LogP contribution in [0.3, 0.4) is 0 Å². The van der Waals surface area contributed by atoms with Gasteiger partial charge in [0, 0.05) is 32.2 Å². The molecule has 1 saturated heterocycles. The highest BCUT2D eigenvalue weighted by molar-refractivity contribution is 5.77. The van der Waals surface area contributed by atoms with Crippen LogP contribution in [0, 0.1) is 0 Å². The van der Waals surface area contributed by atoms with Gasteiger partial charge in [0.2, 0.25) is 5.91 Å². The lowest BCUT2D eigenvalue weighted by molar-refractivity contribution is -0.122. The monoisotopic (exact) mass is 333 g/mol. The first kappa shape index (κ1) is 18.7. The van der Waals surface area contributed by atoms with Crippen molar-refractivity contribution >= 4 is 5.91 Å². The Kier molecular flexibility index (Phi) is 7.53. The zero-order valence-electron chi connectivity index (χ0n) is 15.2. The molecular formula is C19H31N3O2. The highest BCUT2D eigenvalue weighted by Gasteiger charge is 2.21. The van der Waals surface area contributed by atoms with E-state index in [4.69, 9.17) is 4.74 Å². The molecule has 1 heterocycles. The molecule has 1 fully saturated rings. The number of methoxy groups -OCH3 is 1. The normalized spacial score (nSPS) is 17.5. The minimum Gasteiger partial charge on any atom is -0.497 e. The van der Waals surface area contributed by atoms with Gasteiger partial charge in [-0.05, 0) is 50.3 Å². The summed E-state index contributed by atoms with van der Waals surface area (Å²) >= 11 is 0. The highest BCUT2D eigenvalue weighted by Crippen LogP contribution is 2.15. The summed E-state index contributed by atoms with van der Waals surface area (Å²) in [6.45, 7) is 4.78. The fourth-order valence-corrected chi connectivity index (χ4v) is 3.20. The van der Waals surface area contributed by atoms with E-state index in [1.807, 2.05) is 12.1 Å². The van der Waals surface area contributed by atoms with Crippen LogP contribution in [-0.2, 0) is 11.2 Å². The van der Waals surface area contributed by atoms with Gasteiger partial charge in [-0.25, -0.2) is 0 Å². The Bertz CT molecular complexity index is 496. The number of rotatable bonds is 8. The molecule has 1 amide bonds. The number of carbonyl (C=O) groups excluding carboxylic acids is 1. The number of likely N-dealkylation sites (tertiary alicyclic amines) is 1. The molecule has 1 unspecified atom stereocenters. The van der Waals surface area contributed by atoms with E-state index in [0.29, 0.717) is 18.6 Å². The molecule has 2 N–H and O–H groups in total. The van der Waals surface area contributed by atoms with Crippen molar-refractivity contribution in [3.8, 4) is 5.75 Å². The minimum absolute atomic E-state index is 0.106. The topological polar surface area (TPSA) is 53.6 Å². The summed E-state index contributed by atoms with van der Waals surface area (Å²) in [5.74, 6) is 1.02. The molecule has 0 aromatic heterocycles. The maximum Gasteiger partial charge on any atom is 0.233 e. The third kappa shape index (κ3) is 6.13. The average Bonchev–Trinajstić information content (AvgIpc) is 2.62. The van der Waals surface area contributed by atoms with E-state index < -0.39 is 0 Å². The Morgan fingerprint density at radius 3 is 2.54 bits per heavy atom. The van der Waals surface area contributed by atoms with E-state index >= 15 is 0 Å². The number of amides is 1. The van der Waals surface area contributed by atoms with Crippen LogP contribution in [0.2, 0.25) is 0 Å². The van der Waals surface area contributed by atoms with Crippen molar-refractivity contribution in [3.05, 3.63) is 29.8 Å². The molecular weight excluding hydrogens is 302 g/mol. The van der Waals surface area contributed by atoms with Gasteiger partial charge in [0.25, 0.3) is 0 Å². The van der Waals surface area contributed by atoms with Crippen LogP contribution >= 0.6 is 0 Å². The summed E-state index contributed by atoms with van der Waals surface area (Å²) in [5, 5.41) is 6.44. The highest BCUT2D eigenvalue weighted by atomic mass is 16.5. The number of nitrogens with zero attached hydrogens (tertiary/aromatic N) is 1. The second kappa shape index (κ2) is 9.64. The van der Waals surface area contributed by atoms with Gasteiger partial charge in [-0.2, -0.15) is 0 Å². The number of carbonyl (C=O) groups is 1. The molecule has 5 nitrogen and oxygen atoms in total. The van der Waals surface area contributed by atoms with Gasteiger partial charge in [0.15, 0.2) is 0 Å². The molecule has 1 aliphatic heterocycles. The second-order valence-corrected chi connectivity index (χ2v) is 6.68. The molecule has 0 spiro atoms. The molecule has 134 valence electrons. The Labute approximate surface area is 145 Å². The maximum absolute atomic E-state index is 11.4. The largest absolute Gasteiger partial charge is 0.497 e. The van der Waals surface area contributed by atoms with E-state index in [1.165, 1.54) is 5.56 Å². The Balaban J connectivity index is 1.65. The molecule has 1 atom stereocenters. The first-order valence-electron chi connectivity index (χ1n) is 8.92. The number of likely N-dealkylation sites (N-methyl/N-ethyl adjacent to an activating group) is 1. The predicted molar refractivity (Wildman–Crippen MR) is 97.4 cm³/mol. The summed E-state index contributed by atoms with van der Waals surface area (Å²) in [6.07, 6.45) is 4.44. The molecule has 0 bridgehead atoms. The van der Waals surface area contributed by atoms with Crippen molar-refractivity contribution in [1.82, 2.24) is 15.5 Å². The summed E-state index contributed by atoms with van der Waals surface area (Å²) in [6, 6.07) is 9.40. The van der Waals surface area contributed by atoms with Crippen LogP contribution in [0.5, 0.6) is 5.75 Å². The van der Waals surface area contributed by atoms with Crippen molar-refractivity contribution in [2.24, 2.45) is 0 Å². The molecule has 0 radical (unpaired) electrons. The van der Waals surface area contributed by atoms with Gasteiger partial charge in [0.1, 0.15) is 5.75 Å².